The van der Waals surface area contributed by atoms with E-state index in [9.17, 15) is 13.2 Å². The van der Waals surface area contributed by atoms with Gasteiger partial charge in [-0.2, -0.15) is 13.2 Å². The van der Waals surface area contributed by atoms with Gasteiger partial charge in [-0.1, -0.05) is 17.3 Å². The lowest BCUT2D eigenvalue weighted by Crippen LogP contribution is -2.07. The van der Waals surface area contributed by atoms with E-state index >= 15 is 0 Å². The number of aromatic nitrogens is 1. The van der Waals surface area contributed by atoms with Gasteiger partial charge in [0.25, 0.3) is 0 Å². The van der Waals surface area contributed by atoms with Gasteiger partial charge >= 0.3 is 6.18 Å². The van der Waals surface area contributed by atoms with E-state index in [1.165, 1.54) is 6.07 Å². The molecule has 0 aliphatic carbocycles. The van der Waals surface area contributed by atoms with Crippen LogP contribution in [-0.2, 0) is 11.0 Å². The van der Waals surface area contributed by atoms with E-state index in [-0.39, 0.29) is 6.10 Å². The van der Waals surface area contributed by atoms with Crippen molar-refractivity contribution in [1.29, 1.82) is 0 Å². The third kappa shape index (κ3) is 3.69. The van der Waals surface area contributed by atoms with Crippen molar-refractivity contribution >= 4 is 32.1 Å². The Labute approximate surface area is 144 Å². The number of hydrogen-bond donors (Lipinski definition) is 1. The molecule has 1 aliphatic heterocycles. The van der Waals surface area contributed by atoms with Gasteiger partial charge in [-0.25, -0.2) is 4.98 Å². The van der Waals surface area contributed by atoms with Gasteiger partial charge in [0.1, 0.15) is 10.4 Å². The van der Waals surface area contributed by atoms with Crippen LogP contribution in [0.3, 0.4) is 0 Å². The van der Waals surface area contributed by atoms with Gasteiger partial charge in [-0.15, -0.1) is 0 Å². The van der Waals surface area contributed by atoms with Crippen LogP contribution in [0.4, 0.5) is 24.7 Å². The number of halogens is 4. The molecule has 4 nitrogen and oxygen atoms in total. The molecule has 0 fully saturated rings. The van der Waals surface area contributed by atoms with Crippen molar-refractivity contribution in [3.8, 4) is 0 Å². The van der Waals surface area contributed by atoms with Crippen molar-refractivity contribution < 1.29 is 18.0 Å². The fraction of sp³-hybridized carbons (Fsp3) is 0.250. The number of hydrogen-bond acceptors (Lipinski definition) is 4. The van der Waals surface area contributed by atoms with Crippen LogP contribution < -0.4 is 5.32 Å². The lowest BCUT2D eigenvalue weighted by molar-refractivity contribution is -0.137. The maximum Gasteiger partial charge on any atom is 0.416 e. The Bertz CT molecular complexity index is 792. The minimum Gasteiger partial charge on any atom is -0.385 e. The van der Waals surface area contributed by atoms with Crippen LogP contribution in [0.1, 0.15) is 29.3 Å². The Hall–Kier alpha value is -2.09. The van der Waals surface area contributed by atoms with Crippen molar-refractivity contribution in [1.82, 2.24) is 4.98 Å². The zero-order valence-corrected chi connectivity index (χ0v) is 14.1. The molecule has 0 saturated carbocycles. The number of oxime groups is 1. The number of benzene rings is 1. The van der Waals surface area contributed by atoms with Crippen LogP contribution in [0, 0.1) is 6.92 Å². The standard InChI is InChI=1S/C16H13BrF3N3O/c1-9-5-6-12(13-8-14(17)23-24-13)22-15(9)21-11-4-2-3-10(7-11)16(18,19)20/h2-7,13H,8H2,1H3,(H,21,22)/t13-/m0/s1. The number of alkyl halides is 3. The van der Waals surface area contributed by atoms with E-state index in [2.05, 4.69) is 31.4 Å². The Balaban J connectivity index is 1.85. The molecule has 3 rings (SSSR count). The summed E-state index contributed by atoms with van der Waals surface area (Å²) in [6.07, 6.45) is -4.12. The summed E-state index contributed by atoms with van der Waals surface area (Å²) in [4.78, 5) is 9.73. The topological polar surface area (TPSA) is 46.5 Å². The van der Waals surface area contributed by atoms with E-state index in [1.54, 1.807) is 6.07 Å². The van der Waals surface area contributed by atoms with Gasteiger partial charge in [0.15, 0.2) is 6.10 Å². The maximum absolute atomic E-state index is 12.8. The SMILES string of the molecule is Cc1ccc([C@@H]2CC(Br)=NO2)nc1Nc1cccc(C(F)(F)F)c1. The van der Waals surface area contributed by atoms with Crippen molar-refractivity contribution in [3.63, 3.8) is 0 Å². The van der Waals surface area contributed by atoms with Gasteiger partial charge < -0.3 is 10.2 Å². The number of pyridine rings is 1. The van der Waals surface area contributed by atoms with Crippen LogP contribution in [0.5, 0.6) is 0 Å². The number of anilines is 2. The highest BCUT2D eigenvalue weighted by atomic mass is 79.9. The Morgan fingerprint density at radius 3 is 2.71 bits per heavy atom. The summed E-state index contributed by atoms with van der Waals surface area (Å²) in [5, 5.41) is 6.76. The summed E-state index contributed by atoms with van der Waals surface area (Å²) in [5.41, 5.74) is 1.09. The molecule has 1 aliphatic rings. The first-order valence-corrected chi connectivity index (χ1v) is 7.92. The summed E-state index contributed by atoms with van der Waals surface area (Å²) in [6, 6.07) is 8.67. The third-order valence-electron chi connectivity index (χ3n) is 3.53. The summed E-state index contributed by atoms with van der Waals surface area (Å²) < 4.78 is 39.1. The second-order valence-electron chi connectivity index (χ2n) is 5.37. The molecule has 0 bridgehead atoms. The highest BCUT2D eigenvalue weighted by molar-refractivity contribution is 9.18. The van der Waals surface area contributed by atoms with Crippen molar-refractivity contribution in [2.24, 2.45) is 5.16 Å². The van der Waals surface area contributed by atoms with Gasteiger partial charge in [0.2, 0.25) is 0 Å². The molecule has 0 radical (unpaired) electrons. The monoisotopic (exact) mass is 399 g/mol. The Kier molecular flexibility index (Phi) is 4.49. The molecule has 2 aromatic rings. The molecule has 0 amide bonds. The third-order valence-corrected chi connectivity index (χ3v) is 4.00. The first-order chi connectivity index (χ1) is 11.3. The highest BCUT2D eigenvalue weighted by Gasteiger charge is 2.30. The lowest BCUT2D eigenvalue weighted by atomic mass is 10.1. The van der Waals surface area contributed by atoms with E-state index in [0.29, 0.717) is 28.2 Å². The molecule has 1 atom stereocenters. The number of nitrogens with one attached hydrogen (secondary N) is 1. The van der Waals surface area contributed by atoms with E-state index in [4.69, 9.17) is 4.84 Å². The molecule has 0 saturated heterocycles. The first kappa shape index (κ1) is 16.8. The molecule has 1 N–H and O–H groups in total. The summed E-state index contributed by atoms with van der Waals surface area (Å²) in [6.45, 7) is 1.83. The van der Waals surface area contributed by atoms with Gasteiger partial charge in [0.05, 0.1) is 11.3 Å². The van der Waals surface area contributed by atoms with E-state index < -0.39 is 11.7 Å². The number of aryl methyl sites for hydroxylation is 1. The minimum absolute atomic E-state index is 0.304. The maximum atomic E-state index is 12.8. The summed E-state index contributed by atoms with van der Waals surface area (Å²) >= 11 is 3.26. The van der Waals surface area contributed by atoms with Crippen LogP contribution in [0.25, 0.3) is 0 Å². The van der Waals surface area contributed by atoms with Crippen LogP contribution in [0.15, 0.2) is 41.6 Å². The molecule has 24 heavy (non-hydrogen) atoms. The zero-order chi connectivity index (χ0) is 17.3. The largest absolute Gasteiger partial charge is 0.416 e. The molecule has 126 valence electrons. The van der Waals surface area contributed by atoms with Crippen LogP contribution in [-0.4, -0.2) is 9.60 Å². The zero-order valence-electron chi connectivity index (χ0n) is 12.6. The van der Waals surface area contributed by atoms with Crippen molar-refractivity contribution in [2.75, 3.05) is 5.32 Å². The molecule has 0 unspecified atom stereocenters. The molecule has 8 heteroatoms. The second kappa shape index (κ2) is 6.43. The molecule has 1 aromatic carbocycles. The quantitative estimate of drug-likeness (QED) is 0.759. The van der Waals surface area contributed by atoms with Crippen LogP contribution in [0.2, 0.25) is 0 Å². The van der Waals surface area contributed by atoms with E-state index in [0.717, 1.165) is 17.7 Å². The fourth-order valence-electron chi connectivity index (χ4n) is 2.27. The number of nitrogens with zero attached hydrogens (tertiary/aromatic N) is 2. The predicted molar refractivity (Wildman–Crippen MR) is 88.5 cm³/mol. The molecular weight excluding hydrogens is 387 g/mol. The van der Waals surface area contributed by atoms with Crippen molar-refractivity contribution in [3.05, 3.63) is 53.2 Å². The average molecular weight is 400 g/mol. The van der Waals surface area contributed by atoms with Gasteiger partial charge in [-0.05, 0) is 52.7 Å². The molecule has 1 aromatic heterocycles. The van der Waals surface area contributed by atoms with Crippen molar-refractivity contribution in [2.45, 2.75) is 25.6 Å². The molecule has 2 heterocycles. The summed E-state index contributed by atoms with van der Waals surface area (Å²) in [7, 11) is 0. The molecular formula is C16H13BrF3N3O. The van der Waals surface area contributed by atoms with Gasteiger partial charge in [0, 0.05) is 12.1 Å². The van der Waals surface area contributed by atoms with E-state index in [1.807, 2.05) is 19.1 Å². The highest BCUT2D eigenvalue weighted by Crippen LogP contribution is 2.33. The second-order valence-corrected chi connectivity index (χ2v) is 6.29. The first-order valence-electron chi connectivity index (χ1n) is 7.13. The minimum atomic E-state index is -4.39. The predicted octanol–water partition coefficient (Wildman–Crippen LogP) is 5.32. The Morgan fingerprint density at radius 1 is 1.25 bits per heavy atom. The lowest BCUT2D eigenvalue weighted by Gasteiger charge is -2.14. The van der Waals surface area contributed by atoms with Gasteiger partial charge in [-0.3, -0.25) is 0 Å². The normalized spacial score (nSPS) is 17.4. The summed E-state index contributed by atoms with van der Waals surface area (Å²) in [5.74, 6) is 0.485. The van der Waals surface area contributed by atoms with Crippen LogP contribution >= 0.6 is 15.9 Å². The molecule has 0 spiro atoms. The smallest absolute Gasteiger partial charge is 0.385 e. The fourth-order valence-corrected chi connectivity index (χ4v) is 2.64. The number of rotatable bonds is 3. The average Bonchev–Trinajstić information content (AvgIpc) is 2.95. The Morgan fingerprint density at radius 2 is 2.04 bits per heavy atom.